The van der Waals surface area contributed by atoms with Gasteiger partial charge in [-0.05, 0) is 18.4 Å². The van der Waals surface area contributed by atoms with E-state index in [9.17, 15) is 5.11 Å². The summed E-state index contributed by atoms with van der Waals surface area (Å²) in [6.07, 6.45) is 1.23. The number of hydrogen-bond acceptors (Lipinski definition) is 8. The first-order valence-electron chi connectivity index (χ1n) is 8.58. The van der Waals surface area contributed by atoms with Crippen LogP contribution in [-0.2, 0) is 13.0 Å². The van der Waals surface area contributed by atoms with Gasteiger partial charge in [-0.2, -0.15) is 4.98 Å². The lowest BCUT2D eigenvalue weighted by atomic mass is 10.2. The number of anilines is 3. The van der Waals surface area contributed by atoms with Crippen molar-refractivity contribution in [3.05, 3.63) is 41.6 Å². The second-order valence-corrected chi connectivity index (χ2v) is 5.75. The summed E-state index contributed by atoms with van der Waals surface area (Å²) in [6.45, 7) is 0.727. The quantitative estimate of drug-likeness (QED) is 0.487. The number of aromatic nitrogens is 4. The number of aryl methyl sites for hydroxylation is 1. The molecule has 0 fully saturated rings. The third kappa shape index (κ3) is 3.97. The van der Waals surface area contributed by atoms with Crippen molar-refractivity contribution in [2.24, 2.45) is 0 Å². The highest BCUT2D eigenvalue weighted by molar-refractivity contribution is 5.88. The van der Waals surface area contributed by atoms with E-state index >= 15 is 0 Å². The van der Waals surface area contributed by atoms with Gasteiger partial charge in [0.15, 0.2) is 5.82 Å². The number of aliphatic hydroxyl groups excluding tert-OH is 1. The number of aliphatic hydroxyl groups is 1. The van der Waals surface area contributed by atoms with Crippen LogP contribution in [0.15, 0.2) is 30.3 Å². The molecule has 0 bridgehead atoms. The van der Waals surface area contributed by atoms with Gasteiger partial charge in [0, 0.05) is 27.2 Å². The van der Waals surface area contributed by atoms with Crippen LogP contribution < -0.4 is 16.0 Å². The Bertz CT molecular complexity index is 870. The van der Waals surface area contributed by atoms with Crippen LogP contribution in [0.25, 0.3) is 11.0 Å². The van der Waals surface area contributed by atoms with Gasteiger partial charge in [0.1, 0.15) is 11.0 Å². The highest BCUT2D eigenvalue weighted by Crippen LogP contribution is 2.25. The van der Waals surface area contributed by atoms with Gasteiger partial charge in [0.05, 0.1) is 5.69 Å². The molecule has 3 aromatic rings. The van der Waals surface area contributed by atoms with Crippen molar-refractivity contribution in [3.8, 4) is 0 Å². The van der Waals surface area contributed by atoms with Crippen LogP contribution in [0, 0.1) is 0 Å². The minimum absolute atomic E-state index is 0.101. The van der Waals surface area contributed by atoms with Crippen molar-refractivity contribution in [1.82, 2.24) is 19.9 Å². The second kappa shape index (κ2) is 8.39. The number of hydrogen-bond donors (Lipinski definition) is 4. The van der Waals surface area contributed by atoms with Crippen molar-refractivity contribution < 1.29 is 5.11 Å². The maximum Gasteiger partial charge on any atom is 0.225 e. The number of fused-ring (bicyclic) bond motifs is 1. The maximum absolute atomic E-state index is 9.18. The standard InChI is InChI=1S/C18H23N7O/c1-19-17-22-13(9-6-10-26)14-15(24-17)16(25-18(20-2)23-14)21-11-12-7-4-3-5-8-12/h3-5,7-8,26H,6,9-11H2,1-2H3,(H,19,22,24)(H2,20,21,23,25). The monoisotopic (exact) mass is 353 g/mol. The zero-order valence-electron chi connectivity index (χ0n) is 15.0. The van der Waals surface area contributed by atoms with Crippen LogP contribution in [0.2, 0.25) is 0 Å². The van der Waals surface area contributed by atoms with Crippen LogP contribution in [0.4, 0.5) is 17.7 Å². The molecule has 3 rings (SSSR count). The van der Waals surface area contributed by atoms with Gasteiger partial charge in [0.2, 0.25) is 11.9 Å². The SMILES string of the molecule is CNc1nc(NCc2ccccc2)c2nc(NC)nc(CCCO)c2n1. The fourth-order valence-corrected chi connectivity index (χ4v) is 2.62. The average molecular weight is 353 g/mol. The zero-order valence-corrected chi connectivity index (χ0v) is 15.0. The maximum atomic E-state index is 9.18. The van der Waals surface area contributed by atoms with Crippen LogP contribution in [0.1, 0.15) is 17.7 Å². The van der Waals surface area contributed by atoms with E-state index < -0.39 is 0 Å². The Labute approximate surface area is 152 Å². The van der Waals surface area contributed by atoms with E-state index in [-0.39, 0.29) is 6.61 Å². The summed E-state index contributed by atoms with van der Waals surface area (Å²) in [7, 11) is 3.55. The number of nitrogens with zero attached hydrogens (tertiary/aromatic N) is 4. The second-order valence-electron chi connectivity index (χ2n) is 5.75. The number of nitrogens with one attached hydrogen (secondary N) is 3. The van der Waals surface area contributed by atoms with Gasteiger partial charge < -0.3 is 21.1 Å². The molecular weight excluding hydrogens is 330 g/mol. The summed E-state index contributed by atoms with van der Waals surface area (Å²) in [6, 6.07) is 10.1. The first-order valence-corrected chi connectivity index (χ1v) is 8.58. The largest absolute Gasteiger partial charge is 0.396 e. The molecule has 4 N–H and O–H groups in total. The lowest BCUT2D eigenvalue weighted by molar-refractivity contribution is 0.288. The van der Waals surface area contributed by atoms with Crippen molar-refractivity contribution in [3.63, 3.8) is 0 Å². The van der Waals surface area contributed by atoms with E-state index in [1.807, 2.05) is 18.2 Å². The predicted molar refractivity (Wildman–Crippen MR) is 103 cm³/mol. The Hall–Kier alpha value is -3.00. The van der Waals surface area contributed by atoms with E-state index in [0.29, 0.717) is 48.1 Å². The fraction of sp³-hybridized carbons (Fsp3) is 0.333. The third-order valence-corrected chi connectivity index (χ3v) is 3.94. The Morgan fingerprint density at radius 2 is 1.58 bits per heavy atom. The van der Waals surface area contributed by atoms with Gasteiger partial charge >= 0.3 is 0 Å². The molecular formula is C18H23N7O. The summed E-state index contributed by atoms with van der Waals surface area (Å²) in [4.78, 5) is 18.1. The minimum atomic E-state index is 0.101. The third-order valence-electron chi connectivity index (χ3n) is 3.94. The van der Waals surface area contributed by atoms with Crippen LogP contribution in [0.3, 0.4) is 0 Å². The molecule has 0 unspecified atom stereocenters. The average Bonchev–Trinajstić information content (AvgIpc) is 2.70. The summed E-state index contributed by atoms with van der Waals surface area (Å²) >= 11 is 0. The summed E-state index contributed by atoms with van der Waals surface area (Å²) in [5, 5.41) is 18.5. The molecule has 8 nitrogen and oxygen atoms in total. The molecule has 0 saturated heterocycles. The molecule has 1 aromatic carbocycles. The Kier molecular flexibility index (Phi) is 5.75. The molecule has 0 atom stereocenters. The van der Waals surface area contributed by atoms with Crippen LogP contribution in [-0.4, -0.2) is 45.7 Å². The summed E-state index contributed by atoms with van der Waals surface area (Å²) in [5.74, 6) is 1.65. The minimum Gasteiger partial charge on any atom is -0.396 e. The molecule has 2 aromatic heterocycles. The van der Waals surface area contributed by atoms with Gasteiger partial charge in [-0.15, -0.1) is 0 Å². The highest BCUT2D eigenvalue weighted by atomic mass is 16.2. The molecule has 0 aliphatic carbocycles. The smallest absolute Gasteiger partial charge is 0.225 e. The lowest BCUT2D eigenvalue weighted by Gasteiger charge is -2.13. The first kappa shape index (κ1) is 17.8. The van der Waals surface area contributed by atoms with Gasteiger partial charge in [0.25, 0.3) is 0 Å². The van der Waals surface area contributed by atoms with Crippen molar-refractivity contribution in [1.29, 1.82) is 0 Å². The Morgan fingerprint density at radius 3 is 2.27 bits per heavy atom. The van der Waals surface area contributed by atoms with E-state index in [1.165, 1.54) is 0 Å². The highest BCUT2D eigenvalue weighted by Gasteiger charge is 2.15. The first-order chi connectivity index (χ1) is 12.7. The molecule has 0 amide bonds. The predicted octanol–water partition coefficient (Wildman–Crippen LogP) is 2.04. The van der Waals surface area contributed by atoms with Crippen molar-refractivity contribution in [2.75, 3.05) is 36.7 Å². The van der Waals surface area contributed by atoms with E-state index in [4.69, 9.17) is 0 Å². The van der Waals surface area contributed by atoms with E-state index in [2.05, 4.69) is 48.0 Å². The summed E-state index contributed by atoms with van der Waals surface area (Å²) in [5.41, 5.74) is 3.28. The zero-order chi connectivity index (χ0) is 18.4. The van der Waals surface area contributed by atoms with Gasteiger partial charge in [-0.1, -0.05) is 30.3 Å². The Balaban J connectivity index is 2.04. The molecule has 0 spiro atoms. The molecule has 0 radical (unpaired) electrons. The molecule has 0 aliphatic rings. The summed E-state index contributed by atoms with van der Waals surface area (Å²) < 4.78 is 0. The van der Waals surface area contributed by atoms with Gasteiger partial charge in [-0.3, -0.25) is 0 Å². The lowest BCUT2D eigenvalue weighted by Crippen LogP contribution is -2.10. The van der Waals surface area contributed by atoms with Crippen LogP contribution >= 0.6 is 0 Å². The number of rotatable bonds is 8. The normalized spacial score (nSPS) is 10.7. The molecule has 2 heterocycles. The fourth-order valence-electron chi connectivity index (χ4n) is 2.62. The molecule has 0 aliphatic heterocycles. The van der Waals surface area contributed by atoms with Crippen LogP contribution in [0.5, 0.6) is 0 Å². The molecule has 26 heavy (non-hydrogen) atoms. The molecule has 8 heteroatoms. The Morgan fingerprint density at radius 1 is 0.885 bits per heavy atom. The van der Waals surface area contributed by atoms with Crippen molar-refractivity contribution >= 4 is 28.7 Å². The van der Waals surface area contributed by atoms with E-state index in [1.54, 1.807) is 14.1 Å². The van der Waals surface area contributed by atoms with E-state index in [0.717, 1.165) is 11.3 Å². The van der Waals surface area contributed by atoms with Gasteiger partial charge in [-0.25, -0.2) is 15.0 Å². The van der Waals surface area contributed by atoms with Crippen molar-refractivity contribution in [2.45, 2.75) is 19.4 Å². The molecule has 136 valence electrons. The molecule has 0 saturated carbocycles. The number of benzene rings is 1. The topological polar surface area (TPSA) is 108 Å².